The first-order chi connectivity index (χ1) is 11.8. The highest BCUT2D eigenvalue weighted by molar-refractivity contribution is 8.05. The van der Waals surface area contributed by atoms with Crippen molar-refractivity contribution in [1.29, 1.82) is 0 Å². The Morgan fingerprint density at radius 1 is 0.960 bits per heavy atom. The van der Waals surface area contributed by atoms with E-state index in [0.29, 0.717) is 15.8 Å². The number of hydrogen-bond donors (Lipinski definition) is 0. The van der Waals surface area contributed by atoms with Crippen LogP contribution in [0.5, 0.6) is 0 Å². The van der Waals surface area contributed by atoms with Crippen LogP contribution in [0.25, 0.3) is 0 Å². The zero-order chi connectivity index (χ0) is 18.4. The molecule has 7 heteroatoms. The van der Waals surface area contributed by atoms with Gasteiger partial charge in [-0.1, -0.05) is 23.2 Å². The minimum absolute atomic E-state index is 0.00684. The van der Waals surface area contributed by atoms with Crippen molar-refractivity contribution in [1.82, 2.24) is 0 Å². The lowest BCUT2D eigenvalue weighted by Gasteiger charge is -2.05. The molecule has 0 aliphatic rings. The summed E-state index contributed by atoms with van der Waals surface area (Å²) in [4.78, 5) is 1.93. The number of hydrogen-bond acceptors (Lipinski definition) is 4. The van der Waals surface area contributed by atoms with Gasteiger partial charge in [-0.05, 0) is 78.4 Å². The average Bonchev–Trinajstić information content (AvgIpc) is 2.51. The molecule has 25 heavy (non-hydrogen) atoms. The van der Waals surface area contributed by atoms with Crippen molar-refractivity contribution >= 4 is 56.6 Å². The van der Waals surface area contributed by atoms with E-state index in [1.165, 1.54) is 23.5 Å². The second kappa shape index (κ2) is 9.25. The van der Waals surface area contributed by atoms with Crippen LogP contribution in [-0.2, 0) is 9.84 Å². The zero-order valence-electron chi connectivity index (χ0n) is 13.7. The fourth-order valence-electron chi connectivity index (χ4n) is 1.95. The molecule has 132 valence electrons. The molecule has 2 rings (SSSR count). The smallest absolute Gasteiger partial charge is 0.215 e. The SMILES string of the molecule is Cc1cc(Cl)ccc1SC#CS(=O)(=O)CCSc1ccc(Cl)cc1C. The van der Waals surface area contributed by atoms with Crippen LogP contribution in [0.15, 0.2) is 46.2 Å². The van der Waals surface area contributed by atoms with Crippen molar-refractivity contribution < 1.29 is 8.42 Å². The summed E-state index contributed by atoms with van der Waals surface area (Å²) in [6.07, 6.45) is 0. The van der Waals surface area contributed by atoms with Gasteiger partial charge in [-0.3, -0.25) is 0 Å². The molecule has 2 aromatic rings. The monoisotopic (exact) mass is 430 g/mol. The van der Waals surface area contributed by atoms with Gasteiger partial charge in [0.25, 0.3) is 0 Å². The lowest BCUT2D eigenvalue weighted by atomic mass is 10.2. The van der Waals surface area contributed by atoms with Gasteiger partial charge in [0.2, 0.25) is 9.84 Å². The summed E-state index contributed by atoms with van der Waals surface area (Å²) in [6.45, 7) is 3.86. The second-order valence-corrected chi connectivity index (χ2v) is 9.99. The molecule has 0 unspecified atom stereocenters. The Labute approximate surface area is 167 Å². The van der Waals surface area contributed by atoms with Crippen LogP contribution >= 0.6 is 46.7 Å². The van der Waals surface area contributed by atoms with Crippen molar-refractivity contribution in [3.8, 4) is 10.5 Å². The van der Waals surface area contributed by atoms with Crippen LogP contribution in [0.4, 0.5) is 0 Å². The Balaban J connectivity index is 1.91. The molecular weight excluding hydrogens is 415 g/mol. The Morgan fingerprint density at radius 2 is 1.52 bits per heavy atom. The van der Waals surface area contributed by atoms with Crippen molar-refractivity contribution in [3.63, 3.8) is 0 Å². The summed E-state index contributed by atoms with van der Waals surface area (Å²) >= 11 is 14.5. The van der Waals surface area contributed by atoms with E-state index in [4.69, 9.17) is 23.2 Å². The molecule has 0 aliphatic heterocycles. The molecule has 0 aliphatic carbocycles. The first-order valence-electron chi connectivity index (χ1n) is 7.33. The molecule has 0 saturated carbocycles. The summed E-state index contributed by atoms with van der Waals surface area (Å²) in [5, 5.41) is 6.38. The van der Waals surface area contributed by atoms with Gasteiger partial charge in [-0.2, -0.15) is 0 Å². The predicted molar refractivity (Wildman–Crippen MR) is 111 cm³/mol. The fraction of sp³-hybridized carbons (Fsp3) is 0.222. The highest BCUT2D eigenvalue weighted by Crippen LogP contribution is 2.26. The fourth-order valence-corrected chi connectivity index (χ4v) is 5.53. The Hall–Kier alpha value is -0.770. The standard InChI is InChI=1S/C18H16Cl2O2S3/c1-13-11-15(19)3-5-17(13)23-7-9-25(21,22)10-8-24-18-6-4-16(20)12-14(18)2/h3-6,11-12H,7,9H2,1-2H3. The van der Waals surface area contributed by atoms with Crippen LogP contribution in [0.3, 0.4) is 0 Å². The molecule has 0 N–H and O–H groups in total. The van der Waals surface area contributed by atoms with Crippen molar-refractivity contribution in [2.45, 2.75) is 23.6 Å². The van der Waals surface area contributed by atoms with E-state index >= 15 is 0 Å². The summed E-state index contributed by atoms with van der Waals surface area (Å²) < 4.78 is 24.1. The molecule has 0 saturated heterocycles. The van der Waals surface area contributed by atoms with Gasteiger partial charge in [0, 0.05) is 30.8 Å². The topological polar surface area (TPSA) is 34.1 Å². The quantitative estimate of drug-likeness (QED) is 0.441. The van der Waals surface area contributed by atoms with Crippen LogP contribution < -0.4 is 0 Å². The number of thioether (sulfide) groups is 2. The first-order valence-corrected chi connectivity index (χ1v) is 11.5. The molecule has 0 radical (unpaired) electrons. The summed E-state index contributed by atoms with van der Waals surface area (Å²) in [7, 11) is -3.42. The normalized spacial score (nSPS) is 11.0. The van der Waals surface area contributed by atoms with Crippen LogP contribution in [0, 0.1) is 24.4 Å². The molecule has 0 spiro atoms. The van der Waals surface area contributed by atoms with Crippen LogP contribution in [0.1, 0.15) is 11.1 Å². The Kier molecular flexibility index (Phi) is 7.60. The summed E-state index contributed by atoms with van der Waals surface area (Å²) in [6, 6.07) is 11.0. The summed E-state index contributed by atoms with van der Waals surface area (Å²) in [5.74, 6) is 0.455. The van der Waals surface area contributed by atoms with Gasteiger partial charge in [-0.25, -0.2) is 8.42 Å². The van der Waals surface area contributed by atoms with Crippen molar-refractivity contribution in [3.05, 3.63) is 57.6 Å². The third-order valence-corrected chi connectivity index (χ3v) is 7.31. The molecule has 2 aromatic carbocycles. The van der Waals surface area contributed by atoms with E-state index in [2.05, 4.69) is 10.5 Å². The number of halogens is 2. The molecular formula is C18H16Cl2O2S3. The maximum atomic E-state index is 12.0. The Bertz CT molecular complexity index is 929. The number of aryl methyl sites for hydroxylation is 2. The van der Waals surface area contributed by atoms with E-state index < -0.39 is 9.84 Å². The lowest BCUT2D eigenvalue weighted by molar-refractivity contribution is 0.607. The number of benzene rings is 2. The largest absolute Gasteiger partial charge is 0.218 e. The minimum Gasteiger partial charge on any atom is -0.215 e. The molecule has 0 atom stereocenters. The average molecular weight is 431 g/mol. The van der Waals surface area contributed by atoms with Crippen molar-refractivity contribution in [2.24, 2.45) is 0 Å². The number of rotatable bonds is 5. The van der Waals surface area contributed by atoms with Gasteiger partial charge < -0.3 is 0 Å². The van der Waals surface area contributed by atoms with Crippen LogP contribution in [0.2, 0.25) is 10.0 Å². The van der Waals surface area contributed by atoms with E-state index in [0.717, 1.165) is 20.9 Å². The maximum Gasteiger partial charge on any atom is 0.218 e. The molecule has 0 fully saturated rings. The third-order valence-electron chi connectivity index (χ3n) is 3.24. The minimum atomic E-state index is -3.42. The van der Waals surface area contributed by atoms with Crippen LogP contribution in [-0.4, -0.2) is 19.9 Å². The highest BCUT2D eigenvalue weighted by Gasteiger charge is 2.08. The second-order valence-electron chi connectivity index (χ2n) is 5.29. The van der Waals surface area contributed by atoms with E-state index in [-0.39, 0.29) is 5.75 Å². The van der Waals surface area contributed by atoms with E-state index in [1.54, 1.807) is 12.1 Å². The Morgan fingerprint density at radius 3 is 2.08 bits per heavy atom. The van der Waals surface area contributed by atoms with Gasteiger partial charge in [0.1, 0.15) is 0 Å². The highest BCUT2D eigenvalue weighted by atomic mass is 35.5. The maximum absolute atomic E-state index is 12.0. The molecule has 0 amide bonds. The first kappa shape index (κ1) is 20.5. The number of sulfone groups is 1. The van der Waals surface area contributed by atoms with Crippen molar-refractivity contribution in [2.75, 3.05) is 11.5 Å². The van der Waals surface area contributed by atoms with Gasteiger partial charge in [0.05, 0.1) is 5.75 Å². The lowest BCUT2D eigenvalue weighted by Crippen LogP contribution is -2.05. The molecule has 0 aromatic heterocycles. The summed E-state index contributed by atoms with van der Waals surface area (Å²) in [5.41, 5.74) is 2.01. The predicted octanol–water partition coefficient (Wildman–Crippen LogP) is 5.83. The molecule has 2 nitrogen and oxygen atoms in total. The molecule has 0 heterocycles. The van der Waals surface area contributed by atoms with Gasteiger partial charge in [-0.15, -0.1) is 11.8 Å². The van der Waals surface area contributed by atoms with E-state index in [9.17, 15) is 8.42 Å². The van der Waals surface area contributed by atoms with Gasteiger partial charge in [0.15, 0.2) is 0 Å². The zero-order valence-corrected chi connectivity index (χ0v) is 17.6. The third kappa shape index (κ3) is 6.80. The van der Waals surface area contributed by atoms with Gasteiger partial charge >= 0.3 is 0 Å². The molecule has 0 bridgehead atoms. The van der Waals surface area contributed by atoms with E-state index in [1.807, 2.05) is 38.1 Å².